The summed E-state index contributed by atoms with van der Waals surface area (Å²) >= 11 is 0. The molecule has 1 N–H and O–H groups in total. The van der Waals surface area contributed by atoms with Crippen LogP contribution in [0.1, 0.15) is 34.7 Å². The summed E-state index contributed by atoms with van der Waals surface area (Å²) in [5, 5.41) is 2.14. The van der Waals surface area contributed by atoms with Gasteiger partial charge in [0.1, 0.15) is 5.69 Å². The lowest BCUT2D eigenvalue weighted by Crippen LogP contribution is -2.31. The lowest BCUT2D eigenvalue weighted by atomic mass is 10.2. The van der Waals surface area contributed by atoms with E-state index in [0.717, 1.165) is 6.07 Å². The van der Waals surface area contributed by atoms with E-state index in [1.165, 1.54) is 23.2 Å². The lowest BCUT2D eigenvalue weighted by molar-refractivity contribution is 0.0767. The van der Waals surface area contributed by atoms with Gasteiger partial charge >= 0.3 is 0 Å². The highest BCUT2D eigenvalue weighted by atomic mass is 19.2. The smallest absolute Gasteiger partial charge is 0.272 e. The standard InChI is InChI=1S/C17H16F3N3O2/c1-3-23(4-2)17(25)13-9-10(7-8-21-13)16(24)22-12-6-5-11(18)14(19)15(12)20/h5-9H,3-4H2,1-2H3,(H,22,24). The Morgan fingerprint density at radius 1 is 1.08 bits per heavy atom. The molecule has 8 heteroatoms. The molecule has 132 valence electrons. The third-order valence-corrected chi connectivity index (χ3v) is 3.58. The van der Waals surface area contributed by atoms with Crippen LogP contribution in [0.2, 0.25) is 0 Å². The maximum atomic E-state index is 13.6. The normalized spacial score (nSPS) is 10.4. The van der Waals surface area contributed by atoms with E-state index in [1.54, 1.807) is 0 Å². The Morgan fingerprint density at radius 3 is 2.40 bits per heavy atom. The minimum Gasteiger partial charge on any atom is -0.338 e. The molecule has 1 heterocycles. The van der Waals surface area contributed by atoms with E-state index in [2.05, 4.69) is 10.3 Å². The summed E-state index contributed by atoms with van der Waals surface area (Å²) < 4.78 is 39.8. The molecule has 0 unspecified atom stereocenters. The number of rotatable bonds is 5. The van der Waals surface area contributed by atoms with Crippen LogP contribution in [0, 0.1) is 17.5 Å². The Morgan fingerprint density at radius 2 is 1.76 bits per heavy atom. The van der Waals surface area contributed by atoms with Gasteiger partial charge in [-0.2, -0.15) is 0 Å². The van der Waals surface area contributed by atoms with Crippen molar-refractivity contribution in [1.29, 1.82) is 0 Å². The summed E-state index contributed by atoms with van der Waals surface area (Å²) in [6.07, 6.45) is 1.27. The van der Waals surface area contributed by atoms with Gasteiger partial charge in [-0.15, -0.1) is 0 Å². The van der Waals surface area contributed by atoms with E-state index in [0.29, 0.717) is 19.2 Å². The molecule has 25 heavy (non-hydrogen) atoms. The molecule has 0 saturated heterocycles. The SMILES string of the molecule is CCN(CC)C(=O)c1cc(C(=O)Nc2ccc(F)c(F)c2F)ccn1. The molecule has 0 radical (unpaired) electrons. The van der Waals surface area contributed by atoms with E-state index in [-0.39, 0.29) is 17.2 Å². The molecule has 0 spiro atoms. The quantitative estimate of drug-likeness (QED) is 0.842. The van der Waals surface area contributed by atoms with Gasteiger partial charge < -0.3 is 10.2 Å². The van der Waals surface area contributed by atoms with Crippen LogP contribution in [-0.4, -0.2) is 34.8 Å². The van der Waals surface area contributed by atoms with Crippen molar-refractivity contribution < 1.29 is 22.8 Å². The second-order valence-electron chi connectivity index (χ2n) is 5.08. The zero-order chi connectivity index (χ0) is 18.6. The zero-order valence-electron chi connectivity index (χ0n) is 13.6. The summed E-state index contributed by atoms with van der Waals surface area (Å²) in [7, 11) is 0. The van der Waals surface area contributed by atoms with Crippen LogP contribution in [0.3, 0.4) is 0 Å². The summed E-state index contributed by atoms with van der Waals surface area (Å²) in [4.78, 5) is 29.9. The van der Waals surface area contributed by atoms with Crippen molar-refractivity contribution in [2.45, 2.75) is 13.8 Å². The second kappa shape index (κ2) is 7.78. The molecular formula is C17H16F3N3O2. The predicted molar refractivity (Wildman–Crippen MR) is 85.8 cm³/mol. The molecule has 2 amide bonds. The largest absolute Gasteiger partial charge is 0.338 e. The minimum atomic E-state index is -1.68. The first-order valence-electron chi connectivity index (χ1n) is 7.59. The van der Waals surface area contributed by atoms with E-state index >= 15 is 0 Å². The van der Waals surface area contributed by atoms with Crippen LogP contribution < -0.4 is 5.32 Å². The van der Waals surface area contributed by atoms with Crippen molar-refractivity contribution in [2.75, 3.05) is 18.4 Å². The molecule has 0 fully saturated rings. The highest BCUT2D eigenvalue weighted by Gasteiger charge is 2.18. The molecule has 0 aliphatic heterocycles. The maximum absolute atomic E-state index is 13.6. The zero-order valence-corrected chi connectivity index (χ0v) is 13.6. The molecule has 2 aromatic rings. The van der Waals surface area contributed by atoms with Crippen LogP contribution in [0.25, 0.3) is 0 Å². The van der Waals surface area contributed by atoms with Crippen molar-refractivity contribution in [2.24, 2.45) is 0 Å². The highest BCUT2D eigenvalue weighted by Crippen LogP contribution is 2.20. The van der Waals surface area contributed by atoms with Crippen molar-refractivity contribution in [3.63, 3.8) is 0 Å². The second-order valence-corrected chi connectivity index (χ2v) is 5.08. The van der Waals surface area contributed by atoms with E-state index < -0.39 is 29.0 Å². The predicted octanol–water partition coefficient (Wildman–Crippen LogP) is 3.23. The molecule has 5 nitrogen and oxygen atoms in total. The fraction of sp³-hybridized carbons (Fsp3) is 0.235. The van der Waals surface area contributed by atoms with Gasteiger partial charge in [0.2, 0.25) is 0 Å². The molecule has 0 bridgehead atoms. The number of carbonyl (C=O) groups is 2. The third-order valence-electron chi connectivity index (χ3n) is 3.58. The molecule has 0 atom stereocenters. The number of aromatic nitrogens is 1. The maximum Gasteiger partial charge on any atom is 0.272 e. The number of benzene rings is 1. The summed E-state index contributed by atoms with van der Waals surface area (Å²) in [5.41, 5.74) is -0.408. The fourth-order valence-electron chi connectivity index (χ4n) is 2.18. The monoisotopic (exact) mass is 351 g/mol. The first-order chi connectivity index (χ1) is 11.9. The average Bonchev–Trinajstić information content (AvgIpc) is 2.63. The van der Waals surface area contributed by atoms with Crippen LogP contribution in [-0.2, 0) is 0 Å². The summed E-state index contributed by atoms with van der Waals surface area (Å²) in [6, 6.07) is 4.20. The van der Waals surface area contributed by atoms with Crippen LogP contribution >= 0.6 is 0 Å². The fourth-order valence-corrected chi connectivity index (χ4v) is 2.18. The molecule has 1 aromatic carbocycles. The van der Waals surface area contributed by atoms with Crippen LogP contribution in [0.15, 0.2) is 30.5 Å². The topological polar surface area (TPSA) is 62.3 Å². The Kier molecular flexibility index (Phi) is 5.74. The number of hydrogen-bond donors (Lipinski definition) is 1. The molecule has 1 aromatic heterocycles. The highest BCUT2D eigenvalue weighted by molar-refractivity contribution is 6.05. The lowest BCUT2D eigenvalue weighted by Gasteiger charge is -2.18. The van der Waals surface area contributed by atoms with Gasteiger partial charge in [0.25, 0.3) is 11.8 Å². The number of anilines is 1. The van der Waals surface area contributed by atoms with E-state index in [4.69, 9.17) is 0 Å². The van der Waals surface area contributed by atoms with Gasteiger partial charge in [-0.3, -0.25) is 14.6 Å². The summed E-state index contributed by atoms with van der Waals surface area (Å²) in [5.74, 6) is -5.65. The molecule has 0 aliphatic carbocycles. The number of halogens is 3. The van der Waals surface area contributed by atoms with Gasteiger partial charge in [0.15, 0.2) is 17.5 Å². The number of nitrogens with zero attached hydrogens (tertiary/aromatic N) is 2. The van der Waals surface area contributed by atoms with Gasteiger partial charge in [0, 0.05) is 24.8 Å². The number of carbonyl (C=O) groups excluding carboxylic acids is 2. The first-order valence-corrected chi connectivity index (χ1v) is 7.59. The summed E-state index contributed by atoms with van der Waals surface area (Å²) in [6.45, 7) is 4.58. The molecule has 0 aliphatic rings. The van der Waals surface area contributed by atoms with Crippen LogP contribution in [0.5, 0.6) is 0 Å². The Labute approximate surface area is 142 Å². The van der Waals surface area contributed by atoms with Crippen LogP contribution in [0.4, 0.5) is 18.9 Å². The van der Waals surface area contributed by atoms with Gasteiger partial charge in [-0.05, 0) is 38.1 Å². The first kappa shape index (κ1) is 18.4. The number of nitrogens with one attached hydrogen (secondary N) is 1. The third kappa shape index (κ3) is 3.96. The van der Waals surface area contributed by atoms with Gasteiger partial charge in [0.05, 0.1) is 5.69 Å². The number of pyridine rings is 1. The van der Waals surface area contributed by atoms with E-state index in [9.17, 15) is 22.8 Å². The van der Waals surface area contributed by atoms with Crippen molar-refractivity contribution in [3.05, 3.63) is 59.2 Å². The molecular weight excluding hydrogens is 335 g/mol. The Bertz CT molecular complexity index is 808. The number of amides is 2. The molecule has 2 rings (SSSR count). The van der Waals surface area contributed by atoms with Crippen molar-refractivity contribution in [1.82, 2.24) is 9.88 Å². The van der Waals surface area contributed by atoms with E-state index in [1.807, 2.05) is 13.8 Å². The average molecular weight is 351 g/mol. The minimum absolute atomic E-state index is 0.0367. The van der Waals surface area contributed by atoms with Gasteiger partial charge in [-0.25, -0.2) is 13.2 Å². The van der Waals surface area contributed by atoms with Crippen molar-refractivity contribution >= 4 is 17.5 Å². The van der Waals surface area contributed by atoms with Gasteiger partial charge in [-0.1, -0.05) is 0 Å². The Hall–Kier alpha value is -2.90. The van der Waals surface area contributed by atoms with Crippen molar-refractivity contribution in [3.8, 4) is 0 Å². The Balaban J connectivity index is 2.25. The number of hydrogen-bond acceptors (Lipinski definition) is 3. The molecule has 0 saturated carbocycles.